The van der Waals surface area contributed by atoms with Gasteiger partial charge in [-0.1, -0.05) is 29.8 Å². The van der Waals surface area contributed by atoms with Crippen LogP contribution in [0.2, 0.25) is 0 Å². The molecule has 2 aliphatic heterocycles. The van der Waals surface area contributed by atoms with Crippen molar-refractivity contribution in [3.8, 4) is 0 Å². The highest BCUT2D eigenvalue weighted by atomic mass is 16.2. The molecule has 2 aromatic rings. The number of urea groups is 1. The lowest BCUT2D eigenvalue weighted by molar-refractivity contribution is -0.114. The molecule has 32 heavy (non-hydrogen) atoms. The number of ketones is 1. The van der Waals surface area contributed by atoms with E-state index in [2.05, 4.69) is 32.7 Å². The molecule has 2 N–H and O–H groups in total. The highest BCUT2D eigenvalue weighted by Crippen LogP contribution is 2.31. The van der Waals surface area contributed by atoms with Crippen molar-refractivity contribution in [2.24, 2.45) is 5.10 Å². The average Bonchev–Trinajstić information content (AvgIpc) is 3.01. The van der Waals surface area contributed by atoms with Gasteiger partial charge in [0.05, 0.1) is 24.1 Å². The third-order valence-electron chi connectivity index (χ3n) is 5.62. The van der Waals surface area contributed by atoms with Crippen molar-refractivity contribution < 1.29 is 14.4 Å². The van der Waals surface area contributed by atoms with Crippen LogP contribution in [0.15, 0.2) is 47.6 Å². The third kappa shape index (κ3) is 4.84. The van der Waals surface area contributed by atoms with E-state index in [1.54, 1.807) is 18.3 Å². The van der Waals surface area contributed by atoms with Crippen LogP contribution in [0.25, 0.3) is 0 Å². The number of piperazine rings is 1. The van der Waals surface area contributed by atoms with Crippen molar-refractivity contribution >= 4 is 35.3 Å². The number of hydrogen-bond acceptors (Lipinski definition) is 6. The maximum absolute atomic E-state index is 12.6. The Hall–Kier alpha value is -3.56. The Morgan fingerprint density at radius 1 is 1.06 bits per heavy atom. The summed E-state index contributed by atoms with van der Waals surface area (Å²) in [5.74, 6) is -1.10. The lowest BCUT2D eigenvalue weighted by Gasteiger charge is -2.34. The smallest absolute Gasteiger partial charge is 0.306 e. The van der Waals surface area contributed by atoms with Gasteiger partial charge in [0, 0.05) is 31.9 Å². The number of Topliss-reactive ketones (excluding diaryl/α,β-unsaturated/α-hetero) is 1. The Kier molecular flexibility index (Phi) is 6.29. The van der Waals surface area contributed by atoms with Crippen molar-refractivity contribution in [1.82, 2.24) is 15.2 Å². The molecule has 1 saturated heterocycles. The van der Waals surface area contributed by atoms with Crippen molar-refractivity contribution in [3.63, 3.8) is 0 Å². The molecule has 3 amide bonds. The minimum absolute atomic E-state index is 0.296. The molecule has 2 aromatic carbocycles. The van der Waals surface area contributed by atoms with E-state index >= 15 is 0 Å². The molecule has 0 atom stereocenters. The van der Waals surface area contributed by atoms with Gasteiger partial charge in [-0.3, -0.25) is 19.4 Å². The first-order valence-corrected chi connectivity index (χ1v) is 10.5. The second-order valence-corrected chi connectivity index (χ2v) is 8.09. The van der Waals surface area contributed by atoms with E-state index in [1.807, 2.05) is 31.2 Å². The molecule has 2 aliphatic rings. The van der Waals surface area contributed by atoms with Crippen LogP contribution in [0.5, 0.6) is 0 Å². The van der Waals surface area contributed by atoms with Crippen LogP contribution in [0, 0.1) is 6.92 Å². The molecule has 0 saturated carbocycles. The second-order valence-electron chi connectivity index (χ2n) is 8.09. The maximum Gasteiger partial charge on any atom is 0.339 e. The van der Waals surface area contributed by atoms with Gasteiger partial charge >= 0.3 is 11.9 Å². The Morgan fingerprint density at radius 3 is 2.50 bits per heavy atom. The number of nitrogens with one attached hydrogen (secondary N) is 2. The number of carbonyl (C=O) groups is 3. The Balaban J connectivity index is 1.38. The Labute approximate surface area is 186 Å². The normalized spacial score (nSPS) is 17.1. The van der Waals surface area contributed by atoms with Crippen LogP contribution >= 0.6 is 0 Å². The lowest BCUT2D eigenvalue weighted by atomic mass is 10.1. The van der Waals surface area contributed by atoms with E-state index < -0.39 is 17.7 Å². The fraction of sp³-hybridized carbons (Fsp3) is 0.304. The predicted molar refractivity (Wildman–Crippen MR) is 123 cm³/mol. The monoisotopic (exact) mass is 434 g/mol. The molecule has 0 aliphatic carbocycles. The van der Waals surface area contributed by atoms with E-state index in [4.69, 9.17) is 0 Å². The van der Waals surface area contributed by atoms with E-state index in [-0.39, 0.29) is 0 Å². The molecule has 0 bridgehead atoms. The summed E-state index contributed by atoms with van der Waals surface area (Å²) in [7, 11) is 2.07. The standard InChI is InChI=1S/C23H26N6O3/c1-16-3-5-17(6-4-16)14-24-26-23(32)25-18-7-8-20-19(13-18)21(30)22(31)29(20)15-28-11-9-27(2)10-12-28/h3-8,13-14H,9-12,15H2,1-2H3,(H2,25,26,32)/b24-14+. The number of aryl methyl sites for hydroxylation is 1. The van der Waals surface area contributed by atoms with Crippen molar-refractivity contribution in [2.75, 3.05) is 50.1 Å². The van der Waals surface area contributed by atoms with Crippen LogP contribution in [0.4, 0.5) is 16.2 Å². The van der Waals surface area contributed by atoms with Crippen molar-refractivity contribution in [3.05, 3.63) is 59.2 Å². The van der Waals surface area contributed by atoms with Crippen molar-refractivity contribution in [2.45, 2.75) is 6.92 Å². The minimum Gasteiger partial charge on any atom is -0.306 e. The van der Waals surface area contributed by atoms with Gasteiger partial charge in [-0.2, -0.15) is 5.10 Å². The van der Waals surface area contributed by atoms with Gasteiger partial charge in [0.2, 0.25) is 0 Å². The predicted octanol–water partition coefficient (Wildman–Crippen LogP) is 1.88. The number of benzene rings is 2. The molecule has 0 spiro atoms. The molecule has 1 fully saturated rings. The van der Waals surface area contributed by atoms with Crippen LogP contribution < -0.4 is 15.6 Å². The fourth-order valence-electron chi connectivity index (χ4n) is 3.68. The molecular weight excluding hydrogens is 408 g/mol. The van der Waals surface area contributed by atoms with E-state index in [0.29, 0.717) is 23.6 Å². The summed E-state index contributed by atoms with van der Waals surface area (Å²) in [5.41, 5.74) is 5.67. The SMILES string of the molecule is Cc1ccc(/C=N/NC(=O)Nc2ccc3c(c2)C(=O)C(=O)N3CN2CCN(C)CC2)cc1. The number of carbonyl (C=O) groups excluding carboxylic acids is 3. The van der Waals surface area contributed by atoms with Gasteiger partial charge in [0.15, 0.2) is 0 Å². The number of nitrogens with zero attached hydrogens (tertiary/aromatic N) is 4. The van der Waals surface area contributed by atoms with Gasteiger partial charge in [0.25, 0.3) is 5.78 Å². The molecule has 9 heteroatoms. The molecule has 0 aromatic heterocycles. The number of anilines is 2. The molecule has 2 heterocycles. The Bertz CT molecular complexity index is 1060. The highest BCUT2D eigenvalue weighted by Gasteiger charge is 2.37. The molecule has 0 unspecified atom stereocenters. The second kappa shape index (κ2) is 9.29. The summed E-state index contributed by atoms with van der Waals surface area (Å²) in [6.45, 7) is 5.90. The van der Waals surface area contributed by atoms with Crippen LogP contribution in [-0.2, 0) is 4.79 Å². The summed E-state index contributed by atoms with van der Waals surface area (Å²) in [5, 5.41) is 6.57. The van der Waals surface area contributed by atoms with Gasteiger partial charge in [-0.25, -0.2) is 10.2 Å². The number of rotatable bonds is 5. The summed E-state index contributed by atoms with van der Waals surface area (Å²) in [4.78, 5) is 43.1. The highest BCUT2D eigenvalue weighted by molar-refractivity contribution is 6.52. The largest absolute Gasteiger partial charge is 0.339 e. The van der Waals surface area contributed by atoms with Gasteiger partial charge in [-0.05, 0) is 37.7 Å². The summed E-state index contributed by atoms with van der Waals surface area (Å²) >= 11 is 0. The zero-order valence-corrected chi connectivity index (χ0v) is 18.2. The summed E-state index contributed by atoms with van der Waals surface area (Å²) in [6.07, 6.45) is 1.54. The van der Waals surface area contributed by atoms with E-state index in [1.165, 1.54) is 11.0 Å². The van der Waals surface area contributed by atoms with Crippen molar-refractivity contribution in [1.29, 1.82) is 0 Å². The van der Waals surface area contributed by atoms with Gasteiger partial charge in [-0.15, -0.1) is 0 Å². The minimum atomic E-state index is -0.560. The topological polar surface area (TPSA) is 97.3 Å². The van der Waals surface area contributed by atoms with Gasteiger partial charge < -0.3 is 10.2 Å². The molecular formula is C23H26N6O3. The molecule has 9 nitrogen and oxygen atoms in total. The lowest BCUT2D eigenvalue weighted by Crippen LogP contribution is -2.49. The maximum atomic E-state index is 12.6. The fourth-order valence-corrected chi connectivity index (χ4v) is 3.68. The molecule has 0 radical (unpaired) electrons. The van der Waals surface area contributed by atoms with Gasteiger partial charge in [0.1, 0.15) is 0 Å². The quantitative estimate of drug-likeness (QED) is 0.426. The number of amides is 3. The average molecular weight is 435 g/mol. The number of fused-ring (bicyclic) bond motifs is 1. The number of likely N-dealkylation sites (N-methyl/N-ethyl adjacent to an activating group) is 1. The number of hydrogen-bond donors (Lipinski definition) is 2. The third-order valence-corrected chi connectivity index (χ3v) is 5.62. The molecule has 4 rings (SSSR count). The zero-order chi connectivity index (χ0) is 22.7. The first-order valence-electron chi connectivity index (χ1n) is 10.5. The Morgan fingerprint density at radius 2 is 1.78 bits per heavy atom. The molecule has 166 valence electrons. The van der Waals surface area contributed by atoms with E-state index in [0.717, 1.165) is 37.3 Å². The first-order chi connectivity index (χ1) is 15.4. The van der Waals surface area contributed by atoms with Crippen LogP contribution in [0.1, 0.15) is 21.5 Å². The van der Waals surface area contributed by atoms with Crippen LogP contribution in [-0.4, -0.2) is 73.6 Å². The van der Waals surface area contributed by atoms with Crippen LogP contribution in [0.3, 0.4) is 0 Å². The van der Waals surface area contributed by atoms with E-state index in [9.17, 15) is 14.4 Å². The number of hydrazone groups is 1. The summed E-state index contributed by atoms with van der Waals surface area (Å²) in [6, 6.07) is 12.1. The first kappa shape index (κ1) is 21.7. The summed E-state index contributed by atoms with van der Waals surface area (Å²) < 4.78 is 0. The zero-order valence-electron chi connectivity index (χ0n) is 18.2.